The predicted octanol–water partition coefficient (Wildman–Crippen LogP) is 6.20. The van der Waals surface area contributed by atoms with Crippen molar-refractivity contribution in [2.24, 2.45) is 11.8 Å². The lowest BCUT2D eigenvalue weighted by Crippen LogP contribution is -2.55. The molecule has 1 spiro atoms. The molecular formula is C27H33ClN2O3. The summed E-state index contributed by atoms with van der Waals surface area (Å²) in [5.41, 5.74) is 1.69. The fourth-order valence-corrected chi connectivity index (χ4v) is 5.90. The molecule has 2 aliphatic rings. The topological polar surface area (TPSA) is 69.6 Å². The number of carbonyl (C=O) groups excluding carboxylic acids is 1. The van der Waals surface area contributed by atoms with E-state index in [1.54, 1.807) is 12.1 Å². The van der Waals surface area contributed by atoms with E-state index in [-0.39, 0.29) is 17.5 Å². The molecule has 2 aromatic carbocycles. The lowest BCUT2D eigenvalue weighted by Gasteiger charge is -2.47. The van der Waals surface area contributed by atoms with Crippen molar-refractivity contribution in [1.82, 2.24) is 10.2 Å². The van der Waals surface area contributed by atoms with E-state index in [0.29, 0.717) is 16.9 Å². The zero-order chi connectivity index (χ0) is 23.8. The average Bonchev–Trinajstić information content (AvgIpc) is 3.07. The van der Waals surface area contributed by atoms with E-state index >= 15 is 0 Å². The summed E-state index contributed by atoms with van der Waals surface area (Å²) in [6.07, 6.45) is 4.71. The number of aromatic carboxylic acids is 1. The highest BCUT2D eigenvalue weighted by atomic mass is 35.5. The summed E-state index contributed by atoms with van der Waals surface area (Å²) in [5, 5.41) is 13.7. The van der Waals surface area contributed by atoms with Gasteiger partial charge in [-0.25, -0.2) is 4.79 Å². The van der Waals surface area contributed by atoms with E-state index in [1.165, 1.54) is 0 Å². The number of hydrogen-bond donors (Lipinski definition) is 2. The molecule has 2 atom stereocenters. The maximum Gasteiger partial charge on any atom is 0.335 e. The Labute approximate surface area is 201 Å². The fraction of sp³-hybridized carbons (Fsp3) is 0.481. The van der Waals surface area contributed by atoms with Gasteiger partial charge >= 0.3 is 5.97 Å². The quantitative estimate of drug-likeness (QED) is 0.529. The lowest BCUT2D eigenvalue weighted by atomic mass is 9.76. The number of carbonyl (C=O) groups is 2. The molecule has 2 aromatic rings. The first-order chi connectivity index (χ1) is 15.8. The Balaban J connectivity index is 1.72. The summed E-state index contributed by atoms with van der Waals surface area (Å²) in [5.74, 6) is 0.407. The van der Waals surface area contributed by atoms with Gasteiger partial charge in [-0.1, -0.05) is 56.6 Å². The molecule has 0 bridgehead atoms. The van der Waals surface area contributed by atoms with Crippen LogP contribution >= 0.6 is 11.6 Å². The zero-order valence-corrected chi connectivity index (χ0v) is 20.3. The van der Waals surface area contributed by atoms with E-state index in [0.717, 1.165) is 43.2 Å². The first-order valence-corrected chi connectivity index (χ1v) is 12.3. The first-order valence-electron chi connectivity index (χ1n) is 12.0. The van der Waals surface area contributed by atoms with Gasteiger partial charge in [0.05, 0.1) is 17.3 Å². The molecule has 1 aliphatic carbocycles. The van der Waals surface area contributed by atoms with Crippen molar-refractivity contribution in [2.75, 3.05) is 0 Å². The van der Waals surface area contributed by atoms with Gasteiger partial charge in [-0.3, -0.25) is 10.1 Å². The molecule has 2 N–H and O–H groups in total. The minimum absolute atomic E-state index is 0.0643. The number of rotatable bonds is 6. The third-order valence-electron chi connectivity index (χ3n) is 7.58. The van der Waals surface area contributed by atoms with Crippen LogP contribution in [-0.4, -0.2) is 27.5 Å². The first kappa shape index (κ1) is 23.8. The Kier molecular flexibility index (Phi) is 6.83. The number of carboxylic acids is 1. The third kappa shape index (κ3) is 4.53. The van der Waals surface area contributed by atoms with Gasteiger partial charge in [0, 0.05) is 5.02 Å². The zero-order valence-electron chi connectivity index (χ0n) is 19.6. The molecule has 1 amide bonds. The third-order valence-corrected chi connectivity index (χ3v) is 7.82. The molecular weight excluding hydrogens is 436 g/mol. The summed E-state index contributed by atoms with van der Waals surface area (Å²) < 4.78 is 0. The van der Waals surface area contributed by atoms with Crippen LogP contribution in [-0.2, 0) is 4.79 Å². The number of nitrogens with zero attached hydrogens (tertiary/aromatic N) is 1. The minimum atomic E-state index is -0.946. The predicted molar refractivity (Wildman–Crippen MR) is 130 cm³/mol. The van der Waals surface area contributed by atoms with E-state index < -0.39 is 17.7 Å². The molecule has 4 rings (SSSR count). The highest BCUT2D eigenvalue weighted by molar-refractivity contribution is 6.30. The van der Waals surface area contributed by atoms with Crippen molar-refractivity contribution in [3.8, 4) is 0 Å². The van der Waals surface area contributed by atoms with Crippen molar-refractivity contribution in [1.29, 1.82) is 0 Å². The molecule has 2 fully saturated rings. The largest absolute Gasteiger partial charge is 0.478 e. The van der Waals surface area contributed by atoms with Gasteiger partial charge in [0.15, 0.2) is 0 Å². The number of carboxylic acid groups (broad SMARTS) is 1. The molecule has 1 unspecified atom stereocenters. The fourth-order valence-electron chi connectivity index (χ4n) is 5.70. The van der Waals surface area contributed by atoms with Crippen molar-refractivity contribution < 1.29 is 14.7 Å². The van der Waals surface area contributed by atoms with Crippen LogP contribution in [0.5, 0.6) is 0 Å². The van der Waals surface area contributed by atoms with Crippen molar-refractivity contribution in [3.05, 3.63) is 70.2 Å². The van der Waals surface area contributed by atoms with E-state index in [4.69, 9.17) is 11.6 Å². The standard InChI is InChI=1S/C27H33ClN2O3/c1-4-23(19-8-10-20(11-9-19)26(32)33)30-25(31)24(21-6-5-7-22(28)16-21)29-27(30)14-12-18(13-15-27)17(2)3/h5-11,16-18,23-24,29H,4,12-15H2,1-3H3,(H,32,33)/t18?,23-,24?,27?/m1/s1. The summed E-state index contributed by atoms with van der Waals surface area (Å²) in [6, 6.07) is 13.9. The average molecular weight is 469 g/mol. The van der Waals surface area contributed by atoms with Crippen LogP contribution in [0, 0.1) is 11.8 Å². The van der Waals surface area contributed by atoms with Gasteiger partial charge in [0.1, 0.15) is 6.04 Å². The lowest BCUT2D eigenvalue weighted by molar-refractivity contribution is -0.137. The number of halogens is 1. The van der Waals surface area contributed by atoms with Crippen molar-refractivity contribution in [2.45, 2.75) is 70.6 Å². The normalized spacial score (nSPS) is 26.2. The molecule has 0 aromatic heterocycles. The highest BCUT2D eigenvalue weighted by Gasteiger charge is 2.54. The van der Waals surface area contributed by atoms with E-state index in [9.17, 15) is 14.7 Å². The second kappa shape index (κ2) is 9.47. The van der Waals surface area contributed by atoms with Gasteiger partial charge in [-0.15, -0.1) is 0 Å². The maximum absolute atomic E-state index is 14.0. The van der Waals surface area contributed by atoms with Crippen LogP contribution in [0.2, 0.25) is 5.02 Å². The van der Waals surface area contributed by atoms with Gasteiger partial charge in [0.2, 0.25) is 5.91 Å². The summed E-state index contributed by atoms with van der Waals surface area (Å²) >= 11 is 6.26. The Bertz CT molecular complexity index is 1010. The molecule has 1 saturated heterocycles. The van der Waals surface area contributed by atoms with Crippen LogP contribution in [0.1, 0.15) is 86.4 Å². The van der Waals surface area contributed by atoms with Gasteiger partial charge in [0.25, 0.3) is 0 Å². The molecule has 1 aliphatic heterocycles. The van der Waals surface area contributed by atoms with Crippen molar-refractivity contribution >= 4 is 23.5 Å². The molecule has 5 nitrogen and oxygen atoms in total. The van der Waals surface area contributed by atoms with Crippen LogP contribution in [0.25, 0.3) is 0 Å². The Morgan fingerprint density at radius 1 is 1.18 bits per heavy atom. The van der Waals surface area contributed by atoms with Crippen LogP contribution in [0.15, 0.2) is 48.5 Å². The molecule has 0 radical (unpaired) electrons. The molecule has 33 heavy (non-hydrogen) atoms. The summed E-state index contributed by atoms with van der Waals surface area (Å²) in [4.78, 5) is 27.4. The number of nitrogens with one attached hydrogen (secondary N) is 1. The second-order valence-corrected chi connectivity index (χ2v) is 10.2. The molecule has 1 saturated carbocycles. The number of amides is 1. The van der Waals surface area contributed by atoms with Gasteiger partial charge < -0.3 is 10.0 Å². The number of benzene rings is 2. The minimum Gasteiger partial charge on any atom is -0.478 e. The maximum atomic E-state index is 14.0. The smallest absolute Gasteiger partial charge is 0.335 e. The Morgan fingerprint density at radius 2 is 1.85 bits per heavy atom. The van der Waals surface area contributed by atoms with E-state index in [2.05, 4.69) is 31.0 Å². The number of hydrogen-bond acceptors (Lipinski definition) is 3. The molecule has 1 heterocycles. The van der Waals surface area contributed by atoms with Crippen LogP contribution < -0.4 is 5.32 Å². The van der Waals surface area contributed by atoms with E-state index in [1.807, 2.05) is 36.4 Å². The Morgan fingerprint density at radius 3 is 2.39 bits per heavy atom. The molecule has 6 heteroatoms. The SMILES string of the molecule is CC[C@H](c1ccc(C(=O)O)cc1)N1C(=O)C(c2cccc(Cl)c2)NC12CCC(C(C)C)CC2. The van der Waals surface area contributed by atoms with Crippen molar-refractivity contribution in [3.63, 3.8) is 0 Å². The second-order valence-electron chi connectivity index (χ2n) is 9.80. The Hall–Kier alpha value is -2.37. The van der Waals surface area contributed by atoms with Crippen LogP contribution in [0.4, 0.5) is 0 Å². The summed E-state index contributed by atoms with van der Waals surface area (Å²) in [7, 11) is 0. The summed E-state index contributed by atoms with van der Waals surface area (Å²) in [6.45, 7) is 6.64. The van der Waals surface area contributed by atoms with Gasteiger partial charge in [-0.2, -0.15) is 0 Å². The molecule has 176 valence electrons. The highest BCUT2D eigenvalue weighted by Crippen LogP contribution is 2.48. The van der Waals surface area contributed by atoms with Crippen LogP contribution in [0.3, 0.4) is 0 Å². The van der Waals surface area contributed by atoms with Gasteiger partial charge in [-0.05, 0) is 79.3 Å². The monoisotopic (exact) mass is 468 g/mol.